The predicted octanol–water partition coefficient (Wildman–Crippen LogP) is 3.70. The minimum atomic E-state index is -0.0593. The zero-order valence-electron chi connectivity index (χ0n) is 18.7. The third-order valence-electron chi connectivity index (χ3n) is 5.64. The highest BCUT2D eigenvalue weighted by atomic mass is 32.2. The molecule has 1 aliphatic carbocycles. The van der Waals surface area contributed by atoms with Gasteiger partial charge in [-0.1, -0.05) is 25.6 Å². The number of hydrogen-bond donors (Lipinski definition) is 1. The maximum absolute atomic E-state index is 12.6. The molecule has 172 valence electrons. The third-order valence-corrected chi connectivity index (χ3v) is 7.81. The molecule has 0 saturated carbocycles. The first-order valence-electron chi connectivity index (χ1n) is 11.3. The molecule has 1 fully saturated rings. The van der Waals surface area contributed by atoms with Gasteiger partial charge in [-0.2, -0.15) is 5.26 Å². The fourth-order valence-corrected chi connectivity index (χ4v) is 6.24. The van der Waals surface area contributed by atoms with Crippen molar-refractivity contribution in [2.24, 2.45) is 5.92 Å². The van der Waals surface area contributed by atoms with Crippen LogP contribution in [0.4, 0.5) is 10.9 Å². The van der Waals surface area contributed by atoms with Gasteiger partial charge in [0, 0.05) is 36.7 Å². The second-order valence-electron chi connectivity index (χ2n) is 8.56. The van der Waals surface area contributed by atoms with E-state index in [9.17, 15) is 10.1 Å². The molecule has 2 aromatic rings. The Bertz CT molecular complexity index is 987. The highest BCUT2D eigenvalue weighted by Gasteiger charge is 2.23. The molecule has 0 bridgehead atoms. The molecule has 0 unspecified atom stereocenters. The summed E-state index contributed by atoms with van der Waals surface area (Å²) < 4.78 is 7.63. The molecule has 2 aliphatic rings. The van der Waals surface area contributed by atoms with Gasteiger partial charge in [0.05, 0.1) is 18.8 Å². The first-order chi connectivity index (χ1) is 15.6. The number of amides is 1. The largest absolute Gasteiger partial charge is 0.378 e. The second kappa shape index (κ2) is 10.7. The highest BCUT2D eigenvalue weighted by Crippen LogP contribution is 2.37. The van der Waals surface area contributed by atoms with Gasteiger partial charge in [-0.15, -0.1) is 21.5 Å². The SMILES string of the molecule is CC(C)Cn1c(SCCC(=O)Nc2sc3c(c2C#N)CCCC3)nnc1N1CCOCC1. The Balaban J connectivity index is 1.37. The molecule has 2 aromatic heterocycles. The van der Waals surface area contributed by atoms with Crippen molar-refractivity contribution >= 4 is 40.0 Å². The van der Waals surface area contributed by atoms with Gasteiger partial charge in [-0.25, -0.2) is 0 Å². The number of carbonyl (C=O) groups excluding carboxylic acids is 1. The van der Waals surface area contributed by atoms with Crippen LogP contribution in [-0.4, -0.2) is 52.7 Å². The molecule has 32 heavy (non-hydrogen) atoms. The van der Waals surface area contributed by atoms with E-state index >= 15 is 0 Å². The standard InChI is InChI=1S/C22H30N6O2S2/c1-15(2)14-28-21(27-8-10-30-11-9-27)25-26-22(28)31-12-7-19(29)24-20-17(13-23)16-5-3-4-6-18(16)32-20/h15H,3-12,14H2,1-2H3,(H,24,29). The number of thiophene rings is 1. The molecule has 0 spiro atoms. The number of rotatable bonds is 8. The van der Waals surface area contributed by atoms with Gasteiger partial charge in [0.25, 0.3) is 0 Å². The lowest BCUT2D eigenvalue weighted by molar-refractivity contribution is -0.115. The molecule has 1 aliphatic heterocycles. The number of ether oxygens (including phenoxy) is 1. The fraction of sp³-hybridized carbons (Fsp3) is 0.636. The molecule has 8 nitrogen and oxygen atoms in total. The van der Waals surface area contributed by atoms with Crippen LogP contribution in [0.5, 0.6) is 0 Å². The molecule has 4 rings (SSSR count). The molecular formula is C22H30N6O2S2. The summed E-state index contributed by atoms with van der Waals surface area (Å²) in [5.41, 5.74) is 1.81. The highest BCUT2D eigenvalue weighted by molar-refractivity contribution is 7.99. The lowest BCUT2D eigenvalue weighted by Gasteiger charge is -2.28. The average molecular weight is 475 g/mol. The minimum absolute atomic E-state index is 0.0593. The summed E-state index contributed by atoms with van der Waals surface area (Å²) >= 11 is 3.13. The van der Waals surface area contributed by atoms with Gasteiger partial charge in [0.15, 0.2) is 5.16 Å². The first kappa shape index (κ1) is 23.1. The summed E-state index contributed by atoms with van der Waals surface area (Å²) in [6.45, 7) is 8.23. The van der Waals surface area contributed by atoms with Crippen molar-refractivity contribution in [3.63, 3.8) is 0 Å². The van der Waals surface area contributed by atoms with Crippen LogP contribution in [0, 0.1) is 17.2 Å². The minimum Gasteiger partial charge on any atom is -0.378 e. The van der Waals surface area contributed by atoms with Crippen molar-refractivity contribution in [1.29, 1.82) is 5.26 Å². The summed E-state index contributed by atoms with van der Waals surface area (Å²) in [4.78, 5) is 16.1. The first-order valence-corrected chi connectivity index (χ1v) is 13.1. The number of hydrogen-bond acceptors (Lipinski definition) is 8. The molecule has 0 atom stereocenters. The van der Waals surface area contributed by atoms with Crippen molar-refractivity contribution in [3.05, 3.63) is 16.0 Å². The van der Waals surface area contributed by atoms with E-state index < -0.39 is 0 Å². The number of nitriles is 1. The molecule has 1 amide bonds. The Kier molecular flexibility index (Phi) is 7.71. The van der Waals surface area contributed by atoms with E-state index in [0.717, 1.165) is 62.0 Å². The Morgan fingerprint density at radius 2 is 2.06 bits per heavy atom. The number of morpholine rings is 1. The van der Waals surface area contributed by atoms with Gasteiger partial charge in [0.2, 0.25) is 11.9 Å². The van der Waals surface area contributed by atoms with Gasteiger partial charge in [-0.3, -0.25) is 9.36 Å². The normalized spacial score (nSPS) is 16.1. The van der Waals surface area contributed by atoms with Gasteiger partial charge >= 0.3 is 0 Å². The van der Waals surface area contributed by atoms with Crippen molar-refractivity contribution in [1.82, 2.24) is 14.8 Å². The number of nitrogens with one attached hydrogen (secondary N) is 1. The molecule has 0 aromatic carbocycles. The number of aromatic nitrogens is 3. The number of anilines is 2. The van der Waals surface area contributed by atoms with Crippen molar-refractivity contribution in [3.8, 4) is 6.07 Å². The Morgan fingerprint density at radius 3 is 2.81 bits per heavy atom. The van der Waals surface area contributed by atoms with Gasteiger partial charge in [-0.05, 0) is 37.2 Å². The van der Waals surface area contributed by atoms with E-state index in [1.54, 1.807) is 23.1 Å². The summed E-state index contributed by atoms with van der Waals surface area (Å²) in [5, 5.41) is 23.0. The van der Waals surface area contributed by atoms with Crippen LogP contribution in [0.3, 0.4) is 0 Å². The smallest absolute Gasteiger partial charge is 0.228 e. The third kappa shape index (κ3) is 5.27. The molecule has 1 saturated heterocycles. The van der Waals surface area contributed by atoms with E-state index in [0.29, 0.717) is 41.9 Å². The van der Waals surface area contributed by atoms with E-state index in [2.05, 4.69) is 44.9 Å². The van der Waals surface area contributed by atoms with Crippen LogP contribution >= 0.6 is 23.1 Å². The Labute approximate surface area is 197 Å². The van der Waals surface area contributed by atoms with E-state index in [-0.39, 0.29) is 5.91 Å². The Hall–Kier alpha value is -2.09. The van der Waals surface area contributed by atoms with Crippen LogP contribution in [0.15, 0.2) is 5.16 Å². The molecule has 0 radical (unpaired) electrons. The maximum Gasteiger partial charge on any atom is 0.228 e. The van der Waals surface area contributed by atoms with Crippen LogP contribution < -0.4 is 10.2 Å². The number of thioether (sulfide) groups is 1. The van der Waals surface area contributed by atoms with E-state index in [4.69, 9.17) is 4.74 Å². The fourth-order valence-electron chi connectivity index (χ4n) is 4.11. The quantitative estimate of drug-likeness (QED) is 0.583. The summed E-state index contributed by atoms with van der Waals surface area (Å²) in [7, 11) is 0. The Morgan fingerprint density at radius 1 is 1.28 bits per heavy atom. The molecule has 1 N–H and O–H groups in total. The van der Waals surface area contributed by atoms with Gasteiger partial charge < -0.3 is 15.0 Å². The molecule has 3 heterocycles. The zero-order chi connectivity index (χ0) is 22.5. The summed E-state index contributed by atoms with van der Waals surface area (Å²) in [5.74, 6) is 1.90. The number of aryl methyl sites for hydroxylation is 1. The number of fused-ring (bicyclic) bond motifs is 1. The average Bonchev–Trinajstić information content (AvgIpc) is 3.34. The van der Waals surface area contributed by atoms with Gasteiger partial charge in [0.1, 0.15) is 11.1 Å². The monoisotopic (exact) mass is 474 g/mol. The molecular weight excluding hydrogens is 444 g/mol. The van der Waals surface area contributed by atoms with Crippen molar-refractivity contribution in [2.45, 2.75) is 57.7 Å². The lowest BCUT2D eigenvalue weighted by atomic mass is 9.96. The predicted molar refractivity (Wildman–Crippen MR) is 128 cm³/mol. The van der Waals surface area contributed by atoms with Crippen LogP contribution in [0.1, 0.15) is 49.1 Å². The van der Waals surface area contributed by atoms with Crippen molar-refractivity contribution in [2.75, 3.05) is 42.3 Å². The number of nitrogens with zero attached hydrogens (tertiary/aromatic N) is 5. The summed E-state index contributed by atoms with van der Waals surface area (Å²) in [6.07, 6.45) is 4.59. The van der Waals surface area contributed by atoms with E-state index in [1.807, 2.05) is 0 Å². The van der Waals surface area contributed by atoms with E-state index in [1.165, 1.54) is 4.88 Å². The topological polar surface area (TPSA) is 96.1 Å². The zero-order valence-corrected chi connectivity index (χ0v) is 20.4. The van der Waals surface area contributed by atoms with Crippen molar-refractivity contribution < 1.29 is 9.53 Å². The molecule has 10 heteroatoms. The second-order valence-corrected chi connectivity index (χ2v) is 10.7. The lowest BCUT2D eigenvalue weighted by Crippen LogP contribution is -2.38. The van der Waals surface area contributed by atoms with Crippen LogP contribution in [0.25, 0.3) is 0 Å². The maximum atomic E-state index is 12.6. The van der Waals surface area contributed by atoms with Crippen LogP contribution in [0.2, 0.25) is 0 Å². The summed E-state index contributed by atoms with van der Waals surface area (Å²) in [6, 6.07) is 2.31. The van der Waals surface area contributed by atoms with Crippen LogP contribution in [-0.2, 0) is 28.9 Å². The number of carbonyl (C=O) groups is 1.